The summed E-state index contributed by atoms with van der Waals surface area (Å²) in [4.78, 5) is 27.5. The van der Waals surface area contributed by atoms with Crippen molar-refractivity contribution >= 4 is 11.7 Å². The molecule has 1 aliphatic rings. The molecule has 1 aromatic heterocycles. The van der Waals surface area contributed by atoms with Gasteiger partial charge in [-0.05, 0) is 6.92 Å². The van der Waals surface area contributed by atoms with Crippen molar-refractivity contribution in [1.82, 2.24) is 15.0 Å². The molecule has 0 unspecified atom stereocenters. The average molecular weight is 195 g/mol. The van der Waals surface area contributed by atoms with Crippen molar-refractivity contribution in [2.75, 3.05) is 6.54 Å². The van der Waals surface area contributed by atoms with E-state index in [0.717, 1.165) is 0 Å². The highest BCUT2D eigenvalue weighted by Crippen LogP contribution is 2.10. The van der Waals surface area contributed by atoms with Crippen LogP contribution in [0.1, 0.15) is 18.1 Å². The van der Waals surface area contributed by atoms with Crippen molar-refractivity contribution in [2.45, 2.75) is 19.9 Å². The first-order valence-corrected chi connectivity index (χ1v) is 4.28. The fourth-order valence-electron chi connectivity index (χ4n) is 1.34. The lowest BCUT2D eigenvalue weighted by atomic mass is 10.3. The molecule has 1 aromatic rings. The monoisotopic (exact) mass is 195 g/mol. The molecule has 0 bridgehead atoms. The zero-order valence-electron chi connectivity index (χ0n) is 7.69. The van der Waals surface area contributed by atoms with Crippen LogP contribution in [0.3, 0.4) is 0 Å². The van der Waals surface area contributed by atoms with E-state index in [1.165, 1.54) is 4.90 Å². The first-order valence-electron chi connectivity index (χ1n) is 4.28. The van der Waals surface area contributed by atoms with E-state index in [-0.39, 0.29) is 18.7 Å². The molecule has 74 valence electrons. The van der Waals surface area contributed by atoms with Crippen LogP contribution in [0.5, 0.6) is 0 Å². The second-order valence-corrected chi connectivity index (χ2v) is 3.14. The van der Waals surface area contributed by atoms with Gasteiger partial charge in [-0.1, -0.05) is 5.16 Å². The topological polar surface area (TPSA) is 76.3 Å². The summed E-state index contributed by atoms with van der Waals surface area (Å²) in [5.41, 5.74) is 0. The number of ketones is 1. The molecule has 0 spiro atoms. The van der Waals surface area contributed by atoms with Crippen LogP contribution in [0.15, 0.2) is 4.52 Å². The third kappa shape index (κ3) is 1.50. The molecule has 0 saturated carbocycles. The molecule has 6 nitrogen and oxygen atoms in total. The normalized spacial score (nSPS) is 16.8. The number of Topliss-reactive ketones (excluding diaryl/α,β-unsaturated/α-hetero) is 1. The fourth-order valence-corrected chi connectivity index (χ4v) is 1.34. The molecule has 0 aromatic carbocycles. The summed E-state index contributed by atoms with van der Waals surface area (Å²) >= 11 is 0. The summed E-state index contributed by atoms with van der Waals surface area (Å²) in [6, 6.07) is 0. The van der Waals surface area contributed by atoms with Gasteiger partial charge < -0.3 is 9.42 Å². The van der Waals surface area contributed by atoms with Gasteiger partial charge in [0.25, 0.3) is 5.91 Å². The number of aryl methyl sites for hydroxylation is 1. The minimum absolute atomic E-state index is 0.228. The van der Waals surface area contributed by atoms with Crippen molar-refractivity contribution < 1.29 is 14.1 Å². The number of likely N-dealkylation sites (tertiary alicyclic amines) is 1. The predicted molar refractivity (Wildman–Crippen MR) is 44.1 cm³/mol. The Morgan fingerprint density at radius 2 is 2.29 bits per heavy atom. The van der Waals surface area contributed by atoms with Crippen molar-refractivity contribution in [1.29, 1.82) is 0 Å². The number of carbonyl (C=O) groups is 2. The van der Waals surface area contributed by atoms with Crippen molar-refractivity contribution in [3.63, 3.8) is 0 Å². The van der Waals surface area contributed by atoms with Gasteiger partial charge >= 0.3 is 0 Å². The number of nitrogens with zero attached hydrogens (tertiary/aromatic N) is 3. The highest BCUT2D eigenvalue weighted by atomic mass is 16.5. The molecule has 0 radical (unpaired) electrons. The molecule has 1 aliphatic heterocycles. The highest BCUT2D eigenvalue weighted by molar-refractivity contribution is 6.37. The third-order valence-electron chi connectivity index (χ3n) is 2.03. The van der Waals surface area contributed by atoms with Gasteiger partial charge in [0.05, 0.1) is 0 Å². The summed E-state index contributed by atoms with van der Waals surface area (Å²) in [5.74, 6) is 0.0885. The molecule has 14 heavy (non-hydrogen) atoms. The van der Waals surface area contributed by atoms with Crippen LogP contribution in [-0.4, -0.2) is 33.3 Å². The number of aromatic nitrogens is 2. The lowest BCUT2D eigenvalue weighted by Crippen LogP contribution is -2.26. The second-order valence-electron chi connectivity index (χ2n) is 3.14. The Morgan fingerprint density at radius 1 is 1.50 bits per heavy atom. The lowest BCUT2D eigenvalue weighted by molar-refractivity contribution is -0.140. The van der Waals surface area contributed by atoms with Crippen LogP contribution in [0.25, 0.3) is 0 Å². The number of carbonyl (C=O) groups excluding carboxylic acids is 2. The third-order valence-corrected chi connectivity index (χ3v) is 2.03. The Hall–Kier alpha value is -1.72. The van der Waals surface area contributed by atoms with Crippen molar-refractivity contribution in [3.8, 4) is 0 Å². The van der Waals surface area contributed by atoms with Crippen LogP contribution in [0.2, 0.25) is 0 Å². The lowest BCUT2D eigenvalue weighted by Gasteiger charge is -2.09. The molecule has 0 N–H and O–H groups in total. The van der Waals surface area contributed by atoms with Crippen LogP contribution in [0.4, 0.5) is 0 Å². The SMILES string of the molecule is Cc1noc(CN2CCC(=O)C2=O)n1. The van der Waals surface area contributed by atoms with E-state index in [2.05, 4.69) is 10.1 Å². The smallest absolute Gasteiger partial charge is 0.290 e. The van der Waals surface area contributed by atoms with Crippen molar-refractivity contribution in [2.24, 2.45) is 0 Å². The van der Waals surface area contributed by atoms with E-state index in [0.29, 0.717) is 18.3 Å². The molecular weight excluding hydrogens is 186 g/mol. The Labute approximate surface area is 79.9 Å². The molecule has 1 saturated heterocycles. The van der Waals surface area contributed by atoms with E-state index in [1.807, 2.05) is 0 Å². The van der Waals surface area contributed by atoms with Crippen LogP contribution >= 0.6 is 0 Å². The minimum Gasteiger partial charge on any atom is -0.337 e. The maximum Gasteiger partial charge on any atom is 0.290 e. The average Bonchev–Trinajstić information content (AvgIpc) is 2.67. The van der Waals surface area contributed by atoms with E-state index < -0.39 is 5.91 Å². The first-order chi connectivity index (χ1) is 6.66. The fraction of sp³-hybridized carbons (Fsp3) is 0.500. The van der Waals surface area contributed by atoms with Gasteiger partial charge in [-0.3, -0.25) is 9.59 Å². The molecule has 2 heterocycles. The zero-order chi connectivity index (χ0) is 10.1. The van der Waals surface area contributed by atoms with Gasteiger partial charge in [0.2, 0.25) is 11.7 Å². The summed E-state index contributed by atoms with van der Waals surface area (Å²) in [6.45, 7) is 2.37. The van der Waals surface area contributed by atoms with Crippen LogP contribution in [-0.2, 0) is 16.1 Å². The molecular formula is C8H9N3O3. The predicted octanol–water partition coefficient (Wildman–Crippen LogP) is -0.321. The molecule has 2 rings (SSSR count). The van der Waals surface area contributed by atoms with Crippen LogP contribution in [0, 0.1) is 6.92 Å². The molecule has 1 fully saturated rings. The van der Waals surface area contributed by atoms with E-state index >= 15 is 0 Å². The van der Waals surface area contributed by atoms with E-state index in [4.69, 9.17) is 4.52 Å². The van der Waals surface area contributed by atoms with E-state index in [1.54, 1.807) is 6.92 Å². The van der Waals surface area contributed by atoms with Gasteiger partial charge in [-0.15, -0.1) is 0 Å². The minimum atomic E-state index is -0.458. The van der Waals surface area contributed by atoms with Gasteiger partial charge in [-0.25, -0.2) is 0 Å². The van der Waals surface area contributed by atoms with Gasteiger partial charge in [0, 0.05) is 13.0 Å². The maximum atomic E-state index is 11.2. The Bertz CT molecular complexity index is 385. The molecule has 6 heteroatoms. The summed E-state index contributed by atoms with van der Waals surface area (Å²) in [7, 11) is 0. The van der Waals surface area contributed by atoms with Gasteiger partial charge in [-0.2, -0.15) is 4.98 Å². The Kier molecular flexibility index (Phi) is 2.03. The van der Waals surface area contributed by atoms with Crippen LogP contribution < -0.4 is 0 Å². The number of hydrogen-bond donors (Lipinski definition) is 0. The number of hydrogen-bond acceptors (Lipinski definition) is 5. The zero-order valence-corrected chi connectivity index (χ0v) is 7.69. The van der Waals surface area contributed by atoms with Gasteiger partial charge in [0.15, 0.2) is 5.82 Å². The number of amides is 1. The summed E-state index contributed by atoms with van der Waals surface area (Å²) in [5, 5.41) is 3.59. The first kappa shape index (κ1) is 8.86. The highest BCUT2D eigenvalue weighted by Gasteiger charge is 2.30. The Morgan fingerprint density at radius 3 is 2.79 bits per heavy atom. The van der Waals surface area contributed by atoms with E-state index in [9.17, 15) is 9.59 Å². The van der Waals surface area contributed by atoms with Crippen molar-refractivity contribution in [3.05, 3.63) is 11.7 Å². The number of rotatable bonds is 2. The summed E-state index contributed by atoms with van der Waals surface area (Å²) < 4.78 is 4.84. The molecule has 1 amide bonds. The van der Waals surface area contributed by atoms with Gasteiger partial charge in [0.1, 0.15) is 6.54 Å². The largest absolute Gasteiger partial charge is 0.337 e. The molecule has 0 aliphatic carbocycles. The summed E-state index contributed by atoms with van der Waals surface area (Å²) in [6.07, 6.45) is 0.284. The quantitative estimate of drug-likeness (QED) is 0.604. The second kappa shape index (κ2) is 3.21. The maximum absolute atomic E-state index is 11.2. The Balaban J connectivity index is 2.05. The molecule has 0 atom stereocenters. The standard InChI is InChI=1S/C8H9N3O3/c1-5-9-7(14-10-5)4-11-3-2-6(12)8(11)13/h2-4H2,1H3.